The molecule has 15 heavy (non-hydrogen) atoms. The molecule has 1 aromatic rings. The summed E-state index contributed by atoms with van der Waals surface area (Å²) >= 11 is 4.16. The Balaban J connectivity index is 2.43. The lowest BCUT2D eigenvalue weighted by Gasteiger charge is -2.03. The number of carbonyl (C=O) groups is 1. The Morgan fingerprint density at radius 1 is 1.40 bits per heavy atom. The molecule has 0 aliphatic carbocycles. The van der Waals surface area contributed by atoms with E-state index in [0.717, 1.165) is 11.3 Å². The van der Waals surface area contributed by atoms with Crippen molar-refractivity contribution in [2.24, 2.45) is 0 Å². The van der Waals surface area contributed by atoms with Gasteiger partial charge in [-0.25, -0.2) is 0 Å². The van der Waals surface area contributed by atoms with Crippen LogP contribution in [0.4, 0.5) is 0 Å². The van der Waals surface area contributed by atoms with E-state index in [0.29, 0.717) is 12.1 Å². The lowest BCUT2D eigenvalue weighted by molar-refractivity contribution is 0.0954. The molecule has 2 nitrogen and oxygen atoms in total. The first-order valence-electron chi connectivity index (χ1n) is 4.92. The van der Waals surface area contributed by atoms with Crippen LogP contribution in [0.1, 0.15) is 23.7 Å². The molecule has 0 saturated heterocycles. The maximum Gasteiger partial charge on any atom is 0.251 e. The number of nitrogens with one attached hydrogen (secondary N) is 1. The fourth-order valence-corrected chi connectivity index (χ4v) is 1.30. The maximum atomic E-state index is 11.6. The summed E-state index contributed by atoms with van der Waals surface area (Å²) in [5.41, 5.74) is 0.674. The predicted octanol–water partition coefficient (Wildman–Crippen LogP) is 2.67. The fraction of sp³-hybridized carbons (Fsp3) is 0.250. The van der Waals surface area contributed by atoms with Gasteiger partial charge in [0.05, 0.1) is 0 Å². The van der Waals surface area contributed by atoms with Crippen LogP contribution >= 0.6 is 12.6 Å². The van der Waals surface area contributed by atoms with Gasteiger partial charge in [0.15, 0.2) is 0 Å². The summed E-state index contributed by atoms with van der Waals surface area (Å²) in [6, 6.07) is 7.16. The normalized spacial score (nSPS) is 10.5. The SMILES string of the molecule is C/C=C/CCNC(=O)c1ccc(S)cc1. The summed E-state index contributed by atoms with van der Waals surface area (Å²) in [7, 11) is 0. The highest BCUT2D eigenvalue weighted by Gasteiger charge is 2.02. The molecule has 0 aliphatic heterocycles. The predicted molar refractivity (Wildman–Crippen MR) is 65.5 cm³/mol. The number of amides is 1. The van der Waals surface area contributed by atoms with Crippen molar-refractivity contribution in [3.8, 4) is 0 Å². The number of rotatable bonds is 4. The van der Waals surface area contributed by atoms with Gasteiger partial charge in [0, 0.05) is 17.0 Å². The summed E-state index contributed by atoms with van der Waals surface area (Å²) in [5, 5.41) is 2.84. The molecule has 0 heterocycles. The van der Waals surface area contributed by atoms with Gasteiger partial charge in [-0.3, -0.25) is 4.79 Å². The Morgan fingerprint density at radius 3 is 2.67 bits per heavy atom. The third-order valence-corrected chi connectivity index (χ3v) is 2.26. The quantitative estimate of drug-likeness (QED) is 0.457. The van der Waals surface area contributed by atoms with Crippen LogP contribution in [-0.2, 0) is 0 Å². The Kier molecular flexibility index (Phi) is 4.98. The molecule has 0 unspecified atom stereocenters. The second-order valence-corrected chi connectivity index (χ2v) is 3.68. The second kappa shape index (κ2) is 6.30. The maximum absolute atomic E-state index is 11.6. The Labute approximate surface area is 95.8 Å². The van der Waals surface area contributed by atoms with Crippen LogP contribution in [-0.4, -0.2) is 12.5 Å². The van der Waals surface area contributed by atoms with Crippen LogP contribution in [0.5, 0.6) is 0 Å². The van der Waals surface area contributed by atoms with E-state index in [4.69, 9.17) is 0 Å². The largest absolute Gasteiger partial charge is 0.352 e. The van der Waals surface area contributed by atoms with Gasteiger partial charge in [-0.15, -0.1) is 12.6 Å². The van der Waals surface area contributed by atoms with Crippen LogP contribution in [0.3, 0.4) is 0 Å². The molecule has 0 atom stereocenters. The first-order chi connectivity index (χ1) is 7.24. The van der Waals surface area contributed by atoms with Gasteiger partial charge in [-0.1, -0.05) is 12.2 Å². The third kappa shape index (κ3) is 4.21. The van der Waals surface area contributed by atoms with Crippen molar-refractivity contribution in [2.45, 2.75) is 18.2 Å². The molecule has 1 rings (SSSR count). The van der Waals surface area contributed by atoms with Crippen LogP contribution in [0, 0.1) is 0 Å². The monoisotopic (exact) mass is 221 g/mol. The van der Waals surface area contributed by atoms with E-state index in [1.165, 1.54) is 0 Å². The van der Waals surface area contributed by atoms with Gasteiger partial charge in [0.2, 0.25) is 0 Å². The average molecular weight is 221 g/mol. The topological polar surface area (TPSA) is 29.1 Å². The van der Waals surface area contributed by atoms with Crippen LogP contribution in [0.25, 0.3) is 0 Å². The minimum atomic E-state index is -0.0344. The molecular formula is C12H15NOS. The van der Waals surface area contributed by atoms with Gasteiger partial charge < -0.3 is 5.32 Å². The summed E-state index contributed by atoms with van der Waals surface area (Å²) in [6.45, 7) is 2.64. The lowest BCUT2D eigenvalue weighted by Crippen LogP contribution is -2.23. The van der Waals surface area contributed by atoms with Gasteiger partial charge >= 0.3 is 0 Å². The molecule has 0 aromatic heterocycles. The first-order valence-corrected chi connectivity index (χ1v) is 5.37. The Bertz CT molecular complexity index is 343. The highest BCUT2D eigenvalue weighted by atomic mass is 32.1. The van der Waals surface area contributed by atoms with Gasteiger partial charge in [-0.2, -0.15) is 0 Å². The lowest BCUT2D eigenvalue weighted by atomic mass is 10.2. The molecule has 0 aliphatic rings. The summed E-state index contributed by atoms with van der Waals surface area (Å²) in [6.07, 6.45) is 4.87. The molecule has 0 saturated carbocycles. The number of hydrogen-bond donors (Lipinski definition) is 2. The zero-order chi connectivity index (χ0) is 11.1. The highest BCUT2D eigenvalue weighted by molar-refractivity contribution is 7.80. The molecular weight excluding hydrogens is 206 g/mol. The van der Waals surface area contributed by atoms with Crippen molar-refractivity contribution in [1.82, 2.24) is 5.32 Å². The van der Waals surface area contributed by atoms with Crippen molar-refractivity contribution in [3.63, 3.8) is 0 Å². The summed E-state index contributed by atoms with van der Waals surface area (Å²) < 4.78 is 0. The van der Waals surface area contributed by atoms with Crippen LogP contribution in [0.2, 0.25) is 0 Å². The standard InChI is InChI=1S/C12H15NOS/c1-2-3-4-9-13-12(14)10-5-7-11(15)8-6-10/h2-3,5-8,15H,4,9H2,1H3,(H,13,14)/b3-2+. The van der Waals surface area contributed by atoms with Crippen molar-refractivity contribution in [2.75, 3.05) is 6.54 Å². The van der Waals surface area contributed by atoms with E-state index >= 15 is 0 Å². The minimum absolute atomic E-state index is 0.0344. The first kappa shape index (κ1) is 11.9. The smallest absolute Gasteiger partial charge is 0.251 e. The molecule has 1 N–H and O–H groups in total. The third-order valence-electron chi connectivity index (χ3n) is 1.96. The van der Waals surface area contributed by atoms with E-state index in [9.17, 15) is 4.79 Å². The average Bonchev–Trinajstić information content (AvgIpc) is 2.25. The van der Waals surface area contributed by atoms with Gasteiger partial charge in [0.25, 0.3) is 5.91 Å². The molecule has 1 aromatic carbocycles. The minimum Gasteiger partial charge on any atom is -0.352 e. The van der Waals surface area contributed by atoms with Crippen LogP contribution in [0.15, 0.2) is 41.3 Å². The highest BCUT2D eigenvalue weighted by Crippen LogP contribution is 2.07. The van der Waals surface area contributed by atoms with Crippen molar-refractivity contribution >= 4 is 18.5 Å². The molecule has 0 spiro atoms. The number of benzene rings is 1. The Morgan fingerprint density at radius 2 is 2.07 bits per heavy atom. The zero-order valence-electron chi connectivity index (χ0n) is 8.73. The Hall–Kier alpha value is -1.22. The van der Waals surface area contributed by atoms with E-state index < -0.39 is 0 Å². The van der Waals surface area contributed by atoms with E-state index in [1.807, 2.05) is 31.2 Å². The molecule has 0 bridgehead atoms. The van der Waals surface area contributed by atoms with Crippen LogP contribution < -0.4 is 5.32 Å². The number of carbonyl (C=O) groups excluding carboxylic acids is 1. The van der Waals surface area contributed by atoms with E-state index in [2.05, 4.69) is 17.9 Å². The van der Waals surface area contributed by atoms with E-state index in [-0.39, 0.29) is 5.91 Å². The molecule has 3 heteroatoms. The van der Waals surface area contributed by atoms with E-state index in [1.54, 1.807) is 12.1 Å². The van der Waals surface area contributed by atoms with Crippen molar-refractivity contribution < 1.29 is 4.79 Å². The second-order valence-electron chi connectivity index (χ2n) is 3.16. The molecule has 80 valence electrons. The van der Waals surface area contributed by atoms with Gasteiger partial charge in [0.1, 0.15) is 0 Å². The molecule has 1 amide bonds. The van der Waals surface area contributed by atoms with Crippen molar-refractivity contribution in [3.05, 3.63) is 42.0 Å². The van der Waals surface area contributed by atoms with Crippen molar-refractivity contribution in [1.29, 1.82) is 0 Å². The molecule has 0 radical (unpaired) electrons. The summed E-state index contributed by atoms with van der Waals surface area (Å²) in [5.74, 6) is -0.0344. The van der Waals surface area contributed by atoms with Gasteiger partial charge in [-0.05, 0) is 37.6 Å². The molecule has 0 fully saturated rings. The number of allylic oxidation sites excluding steroid dienone is 1. The number of thiol groups is 1. The fourth-order valence-electron chi connectivity index (χ4n) is 1.15. The zero-order valence-corrected chi connectivity index (χ0v) is 9.63. The number of hydrogen-bond acceptors (Lipinski definition) is 2. The summed E-state index contributed by atoms with van der Waals surface area (Å²) in [4.78, 5) is 12.4.